The lowest BCUT2D eigenvalue weighted by Crippen LogP contribution is -2.56. The van der Waals surface area contributed by atoms with Gasteiger partial charge in [0.2, 0.25) is 5.91 Å². The van der Waals surface area contributed by atoms with Crippen LogP contribution in [0.5, 0.6) is 0 Å². The number of nitrogens with one attached hydrogen (secondary N) is 2. The molecule has 9 nitrogen and oxygen atoms in total. The maximum absolute atomic E-state index is 12.6. The molecule has 0 aliphatic carbocycles. The van der Waals surface area contributed by atoms with Crippen LogP contribution in [0.1, 0.15) is 23.7 Å². The van der Waals surface area contributed by atoms with Crippen molar-refractivity contribution in [1.82, 2.24) is 23.8 Å². The number of aryl methyl sites for hydroxylation is 2. The van der Waals surface area contributed by atoms with E-state index < -0.39 is 28.2 Å². The van der Waals surface area contributed by atoms with Crippen LogP contribution in [0.3, 0.4) is 0 Å². The standard InChI is InChI=1S/C15H20N6O3S/c1-10-12(9-20(2)18-10)13-7-14(21(3)25(23,24)19-13)15(22)17-11-5-4-6-16-8-11/h4-6,8-9,13-14,19H,7H2,1-3H3,(H,17,22). The van der Waals surface area contributed by atoms with Crippen LogP contribution in [0.4, 0.5) is 5.69 Å². The van der Waals surface area contributed by atoms with Gasteiger partial charge in [-0.05, 0) is 25.5 Å². The molecule has 134 valence electrons. The predicted octanol–water partition coefficient (Wildman–Crippen LogP) is 0.342. The minimum atomic E-state index is -3.78. The summed E-state index contributed by atoms with van der Waals surface area (Å²) in [7, 11) is -0.622. The van der Waals surface area contributed by atoms with Gasteiger partial charge >= 0.3 is 0 Å². The Balaban J connectivity index is 1.87. The molecule has 0 bridgehead atoms. The lowest BCUT2D eigenvalue weighted by Gasteiger charge is -2.36. The van der Waals surface area contributed by atoms with Crippen LogP contribution in [0.2, 0.25) is 0 Å². The van der Waals surface area contributed by atoms with Crippen molar-refractivity contribution in [2.24, 2.45) is 7.05 Å². The normalized spacial score (nSPS) is 23.3. The van der Waals surface area contributed by atoms with Crippen LogP contribution >= 0.6 is 0 Å². The summed E-state index contributed by atoms with van der Waals surface area (Å²) in [5, 5.41) is 6.97. The van der Waals surface area contributed by atoms with Gasteiger partial charge in [-0.15, -0.1) is 0 Å². The van der Waals surface area contributed by atoms with Gasteiger partial charge in [-0.25, -0.2) is 0 Å². The second-order valence-electron chi connectivity index (χ2n) is 6.02. The molecular weight excluding hydrogens is 344 g/mol. The first-order valence-corrected chi connectivity index (χ1v) is 9.18. The number of likely N-dealkylation sites (N-methyl/N-ethyl adjacent to an activating group) is 1. The predicted molar refractivity (Wildman–Crippen MR) is 91.8 cm³/mol. The molecule has 1 saturated heterocycles. The molecule has 2 N–H and O–H groups in total. The van der Waals surface area contributed by atoms with Gasteiger partial charge in [0.25, 0.3) is 10.2 Å². The van der Waals surface area contributed by atoms with Crippen molar-refractivity contribution < 1.29 is 13.2 Å². The van der Waals surface area contributed by atoms with Gasteiger partial charge in [0.1, 0.15) is 6.04 Å². The molecule has 0 saturated carbocycles. The molecule has 3 heterocycles. The first kappa shape index (κ1) is 17.5. The monoisotopic (exact) mass is 364 g/mol. The zero-order valence-corrected chi connectivity index (χ0v) is 15.0. The van der Waals surface area contributed by atoms with Crippen LogP contribution in [0, 0.1) is 6.92 Å². The Kier molecular flexibility index (Phi) is 4.58. The number of hydrogen-bond donors (Lipinski definition) is 2. The number of nitrogens with zero attached hydrogens (tertiary/aromatic N) is 4. The van der Waals surface area contributed by atoms with Crippen LogP contribution < -0.4 is 10.0 Å². The van der Waals surface area contributed by atoms with E-state index in [1.54, 1.807) is 36.3 Å². The molecule has 0 radical (unpaired) electrons. The number of hydrogen-bond acceptors (Lipinski definition) is 5. The molecule has 2 unspecified atom stereocenters. The molecule has 3 rings (SSSR count). The maximum Gasteiger partial charge on any atom is 0.280 e. The summed E-state index contributed by atoms with van der Waals surface area (Å²) in [5.41, 5.74) is 2.01. The Morgan fingerprint density at radius 2 is 2.16 bits per heavy atom. The number of carbonyl (C=O) groups is 1. The molecule has 0 aromatic carbocycles. The molecule has 2 atom stereocenters. The van der Waals surface area contributed by atoms with Gasteiger partial charge in [-0.1, -0.05) is 0 Å². The van der Waals surface area contributed by atoms with Crippen molar-refractivity contribution in [2.45, 2.75) is 25.4 Å². The lowest BCUT2D eigenvalue weighted by molar-refractivity contribution is -0.120. The van der Waals surface area contributed by atoms with Gasteiger partial charge in [0.05, 0.1) is 23.6 Å². The van der Waals surface area contributed by atoms with Crippen LogP contribution in [0.25, 0.3) is 0 Å². The minimum absolute atomic E-state index is 0.300. The van der Waals surface area contributed by atoms with E-state index in [9.17, 15) is 13.2 Å². The number of carbonyl (C=O) groups excluding carboxylic acids is 1. The van der Waals surface area contributed by atoms with Crippen molar-refractivity contribution in [3.63, 3.8) is 0 Å². The summed E-state index contributed by atoms with van der Waals surface area (Å²) >= 11 is 0. The fraction of sp³-hybridized carbons (Fsp3) is 0.400. The molecule has 10 heteroatoms. The van der Waals surface area contributed by atoms with E-state index in [1.165, 1.54) is 13.2 Å². The van der Waals surface area contributed by atoms with E-state index in [-0.39, 0.29) is 0 Å². The summed E-state index contributed by atoms with van der Waals surface area (Å²) < 4.78 is 30.2. The zero-order valence-electron chi connectivity index (χ0n) is 14.2. The molecular formula is C15H20N6O3S. The largest absolute Gasteiger partial charge is 0.323 e. The van der Waals surface area contributed by atoms with Gasteiger partial charge in [0, 0.05) is 32.1 Å². The third-order valence-electron chi connectivity index (χ3n) is 4.23. The SMILES string of the molecule is Cc1nn(C)cc1C1CC(C(=O)Nc2cccnc2)N(C)S(=O)(=O)N1. The van der Waals surface area contributed by atoms with Crippen molar-refractivity contribution in [3.8, 4) is 0 Å². The first-order chi connectivity index (χ1) is 11.8. The molecule has 2 aromatic heterocycles. The summed E-state index contributed by atoms with van der Waals surface area (Å²) in [6.07, 6.45) is 5.17. The maximum atomic E-state index is 12.6. The number of aromatic nitrogens is 3. The average molecular weight is 364 g/mol. The third kappa shape index (κ3) is 3.55. The Labute approximate surface area is 146 Å². The van der Waals surface area contributed by atoms with Crippen LogP contribution in [-0.4, -0.2) is 46.5 Å². The number of pyridine rings is 1. The summed E-state index contributed by atoms with van der Waals surface area (Å²) in [4.78, 5) is 16.6. The van der Waals surface area contributed by atoms with E-state index in [1.807, 2.05) is 6.92 Å². The van der Waals surface area contributed by atoms with Crippen molar-refractivity contribution >= 4 is 21.8 Å². The first-order valence-electron chi connectivity index (χ1n) is 7.74. The molecule has 0 spiro atoms. The van der Waals surface area contributed by atoms with E-state index in [0.717, 1.165) is 15.6 Å². The second-order valence-corrected chi connectivity index (χ2v) is 7.78. The molecule has 1 aliphatic heterocycles. The fourth-order valence-electron chi connectivity index (χ4n) is 2.94. The topological polar surface area (TPSA) is 109 Å². The van der Waals surface area contributed by atoms with Gasteiger partial charge < -0.3 is 5.32 Å². The lowest BCUT2D eigenvalue weighted by atomic mass is 10.00. The highest BCUT2D eigenvalue weighted by atomic mass is 32.2. The average Bonchev–Trinajstić information content (AvgIpc) is 2.89. The molecule has 1 aliphatic rings. The van der Waals surface area contributed by atoms with E-state index in [0.29, 0.717) is 12.1 Å². The van der Waals surface area contributed by atoms with Crippen molar-refractivity contribution in [1.29, 1.82) is 0 Å². The zero-order chi connectivity index (χ0) is 18.2. The van der Waals surface area contributed by atoms with Crippen molar-refractivity contribution in [3.05, 3.63) is 42.0 Å². The second kappa shape index (κ2) is 6.54. The van der Waals surface area contributed by atoms with Crippen molar-refractivity contribution in [2.75, 3.05) is 12.4 Å². The van der Waals surface area contributed by atoms with E-state index >= 15 is 0 Å². The van der Waals surface area contributed by atoms with Crippen LogP contribution in [0.15, 0.2) is 30.7 Å². The minimum Gasteiger partial charge on any atom is -0.323 e. The quantitative estimate of drug-likeness (QED) is 0.816. The smallest absolute Gasteiger partial charge is 0.280 e. The number of amides is 1. The van der Waals surface area contributed by atoms with Crippen LogP contribution in [-0.2, 0) is 22.1 Å². The summed E-state index contributed by atoms with van der Waals surface area (Å²) in [6, 6.07) is 2.04. The molecule has 1 amide bonds. The number of rotatable bonds is 3. The van der Waals surface area contributed by atoms with Gasteiger partial charge in [-0.2, -0.15) is 22.5 Å². The molecule has 25 heavy (non-hydrogen) atoms. The number of anilines is 1. The summed E-state index contributed by atoms with van der Waals surface area (Å²) in [6.45, 7) is 1.81. The molecule has 2 aromatic rings. The summed E-state index contributed by atoms with van der Waals surface area (Å²) in [5.74, 6) is -0.396. The Hall–Kier alpha value is -2.30. The van der Waals surface area contributed by atoms with E-state index in [2.05, 4.69) is 20.1 Å². The highest BCUT2D eigenvalue weighted by Crippen LogP contribution is 2.29. The third-order valence-corrected chi connectivity index (χ3v) is 5.82. The van der Waals surface area contributed by atoms with Gasteiger partial charge in [0.15, 0.2) is 0 Å². The fourth-order valence-corrected chi connectivity index (χ4v) is 4.20. The Morgan fingerprint density at radius 1 is 1.40 bits per heavy atom. The Morgan fingerprint density at radius 3 is 2.76 bits per heavy atom. The Bertz CT molecular complexity index is 880. The van der Waals surface area contributed by atoms with Gasteiger partial charge in [-0.3, -0.25) is 14.5 Å². The highest BCUT2D eigenvalue weighted by molar-refractivity contribution is 7.87. The van der Waals surface area contributed by atoms with E-state index in [4.69, 9.17) is 0 Å². The highest BCUT2D eigenvalue weighted by Gasteiger charge is 2.41. The molecule has 1 fully saturated rings.